The summed E-state index contributed by atoms with van der Waals surface area (Å²) >= 11 is 6.06. The summed E-state index contributed by atoms with van der Waals surface area (Å²) in [4.78, 5) is 11.6. The number of halogens is 1. The minimum Gasteiger partial charge on any atom is -0.380 e. The molecule has 0 aromatic carbocycles. The van der Waals surface area contributed by atoms with Gasteiger partial charge in [-0.05, 0) is 30.9 Å². The smallest absolute Gasteiger partial charge is 0.169 e. The van der Waals surface area contributed by atoms with Crippen LogP contribution in [0.2, 0.25) is 5.15 Å². The molecule has 5 heterocycles. The molecule has 0 saturated carbocycles. The first kappa shape index (κ1) is 20.3. The molecule has 2 aromatic rings. The van der Waals surface area contributed by atoms with Crippen molar-refractivity contribution in [3.8, 4) is 11.8 Å². The largest absolute Gasteiger partial charge is 0.380 e. The third kappa shape index (κ3) is 4.40. The molecule has 5 rings (SSSR count). The van der Waals surface area contributed by atoms with Crippen LogP contribution in [-0.2, 0) is 4.74 Å². The van der Waals surface area contributed by atoms with Gasteiger partial charge in [0.1, 0.15) is 5.69 Å². The zero-order valence-electron chi connectivity index (χ0n) is 17.4. The first-order valence-electron chi connectivity index (χ1n) is 10.7. The van der Waals surface area contributed by atoms with Crippen molar-refractivity contribution in [2.75, 3.05) is 61.5 Å². The van der Waals surface area contributed by atoms with Gasteiger partial charge in [0.2, 0.25) is 0 Å². The van der Waals surface area contributed by atoms with Crippen molar-refractivity contribution >= 4 is 28.8 Å². The number of piperazine rings is 1. The van der Waals surface area contributed by atoms with Crippen molar-refractivity contribution in [1.82, 2.24) is 20.1 Å². The second kappa shape index (κ2) is 8.87. The minimum absolute atomic E-state index is 0.369. The highest BCUT2D eigenvalue weighted by Gasteiger charge is 2.40. The number of pyridine rings is 1. The SMILES string of the molecule is Nc1nnc(Cl)cc1N1CC2CCC(C1)N2c1ccnc(C#CCN2CCOCC2)c1. The number of nitrogens with two attached hydrogens (primary N) is 1. The first-order chi connectivity index (χ1) is 15.2. The Labute approximate surface area is 187 Å². The topological polar surface area (TPSA) is 83.6 Å². The molecule has 2 N–H and O–H groups in total. The number of aromatic nitrogens is 3. The van der Waals surface area contributed by atoms with Crippen molar-refractivity contribution in [1.29, 1.82) is 0 Å². The summed E-state index contributed by atoms with van der Waals surface area (Å²) < 4.78 is 5.39. The predicted octanol–water partition coefficient (Wildman–Crippen LogP) is 1.65. The van der Waals surface area contributed by atoms with Crippen molar-refractivity contribution in [3.63, 3.8) is 0 Å². The lowest BCUT2D eigenvalue weighted by molar-refractivity contribution is 0.0443. The summed E-state index contributed by atoms with van der Waals surface area (Å²) in [5.41, 5.74) is 8.96. The molecule has 2 unspecified atom stereocenters. The molecule has 8 nitrogen and oxygen atoms in total. The Morgan fingerprint density at radius 1 is 1.13 bits per heavy atom. The number of morpholine rings is 1. The quantitative estimate of drug-likeness (QED) is 0.723. The van der Waals surface area contributed by atoms with Crippen LogP contribution in [0.5, 0.6) is 0 Å². The Morgan fingerprint density at radius 3 is 2.68 bits per heavy atom. The summed E-state index contributed by atoms with van der Waals surface area (Å²) in [5, 5.41) is 8.19. The Hall–Kier alpha value is -2.60. The third-order valence-corrected chi connectivity index (χ3v) is 6.44. The van der Waals surface area contributed by atoms with Crippen LogP contribution < -0.4 is 15.5 Å². The standard InChI is InChI=1S/C22H26ClN7O/c23-21-13-20(22(24)27-26-21)29-14-18-3-4-19(15-29)30(18)17-5-6-25-16(12-17)2-1-7-28-8-10-31-11-9-28/h5-6,12-13,18-19H,3-4,7-11,14-15H2,(H2,24,27). The normalized spacial score (nSPS) is 23.5. The molecule has 0 radical (unpaired) electrons. The van der Waals surface area contributed by atoms with E-state index in [0.29, 0.717) is 23.1 Å². The van der Waals surface area contributed by atoms with E-state index in [0.717, 1.165) is 70.2 Å². The van der Waals surface area contributed by atoms with Crippen LogP contribution in [-0.4, -0.2) is 78.1 Å². The van der Waals surface area contributed by atoms with Crippen molar-refractivity contribution in [2.45, 2.75) is 24.9 Å². The van der Waals surface area contributed by atoms with Crippen LogP contribution in [0, 0.1) is 11.8 Å². The first-order valence-corrected chi connectivity index (χ1v) is 11.1. The Balaban J connectivity index is 1.29. The molecular formula is C22H26ClN7O. The summed E-state index contributed by atoms with van der Waals surface area (Å²) in [6.07, 6.45) is 4.16. The highest BCUT2D eigenvalue weighted by atomic mass is 35.5. The van der Waals surface area contributed by atoms with Crippen LogP contribution in [0.15, 0.2) is 24.4 Å². The second-order valence-electron chi connectivity index (χ2n) is 8.22. The van der Waals surface area contributed by atoms with Crippen molar-refractivity contribution in [2.24, 2.45) is 0 Å². The molecule has 31 heavy (non-hydrogen) atoms. The van der Waals surface area contributed by atoms with E-state index < -0.39 is 0 Å². The van der Waals surface area contributed by atoms with Crippen molar-refractivity contribution in [3.05, 3.63) is 35.2 Å². The van der Waals surface area contributed by atoms with E-state index in [1.165, 1.54) is 5.69 Å². The van der Waals surface area contributed by atoms with Crippen molar-refractivity contribution < 1.29 is 4.74 Å². The number of rotatable bonds is 3. The molecule has 2 aromatic heterocycles. The number of nitrogens with zero attached hydrogens (tertiary/aromatic N) is 6. The van der Waals surface area contributed by atoms with Gasteiger partial charge in [0.05, 0.1) is 25.4 Å². The van der Waals surface area contributed by atoms with Crippen LogP contribution in [0.25, 0.3) is 0 Å². The number of ether oxygens (including phenoxy) is 1. The van der Waals surface area contributed by atoms with Gasteiger partial charge in [0, 0.05) is 56.2 Å². The molecule has 9 heteroatoms. The van der Waals surface area contributed by atoms with Gasteiger partial charge in [0.25, 0.3) is 0 Å². The average Bonchev–Trinajstić information content (AvgIpc) is 3.06. The maximum atomic E-state index is 6.08. The van der Waals surface area contributed by atoms with E-state index in [2.05, 4.69) is 53.9 Å². The van der Waals surface area contributed by atoms with E-state index in [1.807, 2.05) is 12.3 Å². The van der Waals surface area contributed by atoms with Gasteiger partial charge in [-0.1, -0.05) is 17.5 Å². The summed E-state index contributed by atoms with van der Waals surface area (Å²) in [7, 11) is 0. The Bertz CT molecular complexity index is 987. The van der Waals surface area contributed by atoms with Gasteiger partial charge in [-0.2, -0.15) is 0 Å². The number of hydrogen-bond acceptors (Lipinski definition) is 8. The Kier molecular flexibility index (Phi) is 5.81. The molecular weight excluding hydrogens is 414 g/mol. The summed E-state index contributed by atoms with van der Waals surface area (Å²) in [6, 6.07) is 6.83. The zero-order valence-corrected chi connectivity index (χ0v) is 18.1. The number of hydrogen-bond donors (Lipinski definition) is 1. The predicted molar refractivity (Wildman–Crippen MR) is 121 cm³/mol. The lowest BCUT2D eigenvalue weighted by Gasteiger charge is -2.43. The van der Waals surface area contributed by atoms with Gasteiger partial charge < -0.3 is 20.3 Å². The van der Waals surface area contributed by atoms with Crippen LogP contribution in [0.1, 0.15) is 18.5 Å². The van der Waals surface area contributed by atoms with E-state index in [4.69, 9.17) is 22.1 Å². The second-order valence-corrected chi connectivity index (χ2v) is 8.61. The van der Waals surface area contributed by atoms with E-state index in [-0.39, 0.29) is 0 Å². The highest BCUT2D eigenvalue weighted by Crippen LogP contribution is 2.37. The fraction of sp³-hybridized carbons (Fsp3) is 0.500. The molecule has 3 saturated heterocycles. The maximum absolute atomic E-state index is 6.08. The lowest BCUT2D eigenvalue weighted by Crippen LogP contribution is -2.54. The zero-order chi connectivity index (χ0) is 21.2. The molecule has 3 aliphatic heterocycles. The number of anilines is 3. The van der Waals surface area contributed by atoms with Gasteiger partial charge in [-0.3, -0.25) is 4.90 Å². The monoisotopic (exact) mass is 439 g/mol. The molecule has 0 amide bonds. The molecule has 3 fully saturated rings. The minimum atomic E-state index is 0.369. The number of nitrogen functional groups attached to an aromatic ring is 1. The van der Waals surface area contributed by atoms with Gasteiger partial charge in [-0.25, -0.2) is 4.98 Å². The Morgan fingerprint density at radius 2 is 1.90 bits per heavy atom. The highest BCUT2D eigenvalue weighted by molar-refractivity contribution is 6.29. The molecule has 162 valence electrons. The molecule has 3 aliphatic rings. The fourth-order valence-corrected chi connectivity index (χ4v) is 4.93. The van der Waals surface area contributed by atoms with Gasteiger partial charge >= 0.3 is 0 Å². The van der Waals surface area contributed by atoms with Gasteiger partial charge in [0.15, 0.2) is 11.0 Å². The maximum Gasteiger partial charge on any atom is 0.169 e. The van der Waals surface area contributed by atoms with E-state index >= 15 is 0 Å². The molecule has 2 atom stereocenters. The number of fused-ring (bicyclic) bond motifs is 2. The third-order valence-electron chi connectivity index (χ3n) is 6.26. The average molecular weight is 440 g/mol. The van der Waals surface area contributed by atoms with Gasteiger partial charge in [-0.15, -0.1) is 10.2 Å². The molecule has 0 aliphatic carbocycles. The summed E-state index contributed by atoms with van der Waals surface area (Å²) in [6.45, 7) is 5.97. The lowest BCUT2D eigenvalue weighted by atomic mass is 10.1. The van der Waals surface area contributed by atoms with E-state index in [1.54, 1.807) is 0 Å². The van der Waals surface area contributed by atoms with Crippen LogP contribution in [0.4, 0.5) is 17.2 Å². The van der Waals surface area contributed by atoms with Crippen LogP contribution in [0.3, 0.4) is 0 Å². The fourth-order valence-electron chi connectivity index (χ4n) is 4.79. The van der Waals surface area contributed by atoms with E-state index in [9.17, 15) is 0 Å². The molecule has 2 bridgehead atoms. The molecule has 0 spiro atoms. The summed E-state index contributed by atoms with van der Waals surface area (Å²) in [5.74, 6) is 6.94. The van der Waals surface area contributed by atoms with Crippen LogP contribution >= 0.6 is 11.6 Å².